The Kier molecular flexibility index (Phi) is 5.88. The van der Waals surface area contributed by atoms with E-state index in [9.17, 15) is 8.42 Å². The first kappa shape index (κ1) is 21.2. The van der Waals surface area contributed by atoms with Gasteiger partial charge in [0.25, 0.3) is 10.0 Å². The number of nitrogens with zero attached hydrogens (tertiary/aromatic N) is 7. The van der Waals surface area contributed by atoms with Gasteiger partial charge < -0.3 is 14.8 Å². The average Bonchev–Trinajstić information content (AvgIpc) is 3.16. The van der Waals surface area contributed by atoms with E-state index >= 15 is 0 Å². The van der Waals surface area contributed by atoms with Gasteiger partial charge in [-0.3, -0.25) is 0 Å². The van der Waals surface area contributed by atoms with Crippen LogP contribution < -0.4 is 10.2 Å². The second-order valence-corrected chi connectivity index (χ2v) is 9.19. The molecular formula is C20H26N8O2S. The summed E-state index contributed by atoms with van der Waals surface area (Å²) >= 11 is 0. The Morgan fingerprint density at radius 1 is 1.03 bits per heavy atom. The Morgan fingerprint density at radius 3 is 2.45 bits per heavy atom. The molecule has 3 aromatic rings. The van der Waals surface area contributed by atoms with Crippen LogP contribution in [0.4, 0.5) is 17.5 Å². The second-order valence-electron chi connectivity index (χ2n) is 7.30. The number of aryl methyl sites for hydroxylation is 3. The number of sulfonamides is 1. The third kappa shape index (κ3) is 4.52. The molecule has 4 rings (SSSR count). The highest BCUT2D eigenvalue weighted by Gasteiger charge is 2.31. The maximum atomic E-state index is 13.0. The van der Waals surface area contributed by atoms with E-state index in [4.69, 9.17) is 0 Å². The molecule has 1 saturated heterocycles. The fraction of sp³-hybridized carbons (Fsp3) is 0.400. The van der Waals surface area contributed by atoms with E-state index < -0.39 is 10.0 Å². The summed E-state index contributed by atoms with van der Waals surface area (Å²) in [6.07, 6.45) is 3.32. The van der Waals surface area contributed by atoms with Crippen LogP contribution in [0.3, 0.4) is 0 Å². The molecule has 0 saturated carbocycles. The van der Waals surface area contributed by atoms with Crippen molar-refractivity contribution < 1.29 is 8.42 Å². The second kappa shape index (κ2) is 8.60. The zero-order valence-corrected chi connectivity index (χ0v) is 18.7. The molecule has 164 valence electrons. The van der Waals surface area contributed by atoms with Crippen LogP contribution >= 0.6 is 0 Å². The van der Waals surface area contributed by atoms with Crippen LogP contribution in [0.15, 0.2) is 41.7 Å². The zero-order valence-electron chi connectivity index (χ0n) is 17.9. The summed E-state index contributed by atoms with van der Waals surface area (Å²) in [5.74, 6) is 3.44. The monoisotopic (exact) mass is 442 g/mol. The summed E-state index contributed by atoms with van der Waals surface area (Å²) in [5.41, 5.74) is 0. The molecule has 0 bridgehead atoms. The van der Waals surface area contributed by atoms with Crippen LogP contribution in [-0.2, 0) is 16.6 Å². The standard InChI is InChI=1S/C20H26N8O2S/c1-4-26-14-20(24-16(26)3)31(29,30)28-11-9-27(10-12-28)19-13-18(22-15(2)23-19)25-17-7-5-6-8-21-17/h5-8,13-14H,4,9-12H2,1-3H3,(H,21,22,23,25). The van der Waals surface area contributed by atoms with E-state index in [1.807, 2.05) is 49.6 Å². The van der Waals surface area contributed by atoms with Crippen LogP contribution in [0.2, 0.25) is 0 Å². The van der Waals surface area contributed by atoms with Crippen molar-refractivity contribution in [3.8, 4) is 0 Å². The topological polar surface area (TPSA) is 109 Å². The van der Waals surface area contributed by atoms with E-state index in [1.54, 1.807) is 12.4 Å². The quantitative estimate of drug-likeness (QED) is 0.617. The Balaban J connectivity index is 1.47. The minimum absolute atomic E-state index is 0.111. The molecule has 0 spiro atoms. The van der Waals surface area contributed by atoms with Crippen molar-refractivity contribution in [1.29, 1.82) is 0 Å². The molecule has 3 aromatic heterocycles. The van der Waals surface area contributed by atoms with Crippen molar-refractivity contribution >= 4 is 27.5 Å². The van der Waals surface area contributed by atoms with Gasteiger partial charge in [0.1, 0.15) is 29.1 Å². The molecule has 0 amide bonds. The normalized spacial score (nSPS) is 15.3. The lowest BCUT2D eigenvalue weighted by molar-refractivity contribution is 0.382. The van der Waals surface area contributed by atoms with Crippen LogP contribution in [0.5, 0.6) is 0 Å². The predicted octanol–water partition coefficient (Wildman–Crippen LogP) is 1.96. The Labute approximate surface area is 182 Å². The summed E-state index contributed by atoms with van der Waals surface area (Å²) in [6, 6.07) is 7.47. The number of anilines is 3. The van der Waals surface area contributed by atoms with E-state index in [0.29, 0.717) is 56.0 Å². The fourth-order valence-electron chi connectivity index (χ4n) is 3.56. The van der Waals surface area contributed by atoms with E-state index in [-0.39, 0.29) is 5.03 Å². The first-order valence-corrected chi connectivity index (χ1v) is 11.6. The molecule has 1 aliphatic rings. The van der Waals surface area contributed by atoms with Crippen molar-refractivity contribution in [3.05, 3.63) is 48.3 Å². The van der Waals surface area contributed by atoms with Crippen molar-refractivity contribution in [2.24, 2.45) is 0 Å². The molecule has 1 fully saturated rings. The van der Waals surface area contributed by atoms with E-state index in [0.717, 1.165) is 5.82 Å². The Hall–Kier alpha value is -3.05. The Morgan fingerprint density at radius 2 is 1.81 bits per heavy atom. The molecule has 11 heteroatoms. The molecule has 1 N–H and O–H groups in total. The third-order valence-electron chi connectivity index (χ3n) is 5.21. The minimum atomic E-state index is -3.62. The lowest BCUT2D eigenvalue weighted by Gasteiger charge is -2.34. The maximum absolute atomic E-state index is 13.0. The van der Waals surface area contributed by atoms with Gasteiger partial charge in [0, 0.05) is 51.2 Å². The highest BCUT2D eigenvalue weighted by Crippen LogP contribution is 2.22. The predicted molar refractivity (Wildman–Crippen MR) is 118 cm³/mol. The highest BCUT2D eigenvalue weighted by atomic mass is 32.2. The van der Waals surface area contributed by atoms with Crippen LogP contribution in [0.25, 0.3) is 0 Å². The van der Waals surface area contributed by atoms with Gasteiger partial charge in [0.05, 0.1) is 0 Å². The van der Waals surface area contributed by atoms with E-state index in [2.05, 4.69) is 30.2 Å². The van der Waals surface area contributed by atoms with Crippen LogP contribution in [0.1, 0.15) is 18.6 Å². The largest absolute Gasteiger partial charge is 0.354 e. The molecule has 10 nitrogen and oxygen atoms in total. The number of hydrogen-bond donors (Lipinski definition) is 1. The number of rotatable bonds is 6. The number of piperazine rings is 1. The van der Waals surface area contributed by atoms with Gasteiger partial charge in [0.2, 0.25) is 0 Å². The number of pyridine rings is 1. The smallest absolute Gasteiger partial charge is 0.262 e. The lowest BCUT2D eigenvalue weighted by Crippen LogP contribution is -2.49. The van der Waals surface area contributed by atoms with Gasteiger partial charge in [-0.1, -0.05) is 6.07 Å². The summed E-state index contributed by atoms with van der Waals surface area (Å²) in [6.45, 7) is 8.10. The molecule has 0 radical (unpaired) electrons. The third-order valence-corrected chi connectivity index (χ3v) is 6.98. The molecule has 0 aliphatic carbocycles. The molecule has 31 heavy (non-hydrogen) atoms. The minimum Gasteiger partial charge on any atom is -0.354 e. The van der Waals surface area contributed by atoms with E-state index in [1.165, 1.54) is 4.31 Å². The Bertz CT molecular complexity index is 1160. The van der Waals surface area contributed by atoms with Gasteiger partial charge in [-0.25, -0.2) is 28.4 Å². The number of hydrogen-bond acceptors (Lipinski definition) is 8. The fourth-order valence-corrected chi connectivity index (χ4v) is 4.98. The van der Waals surface area contributed by atoms with Crippen LogP contribution in [0, 0.1) is 13.8 Å². The van der Waals surface area contributed by atoms with Gasteiger partial charge in [0.15, 0.2) is 5.03 Å². The molecule has 0 atom stereocenters. The molecule has 0 unspecified atom stereocenters. The summed E-state index contributed by atoms with van der Waals surface area (Å²) in [4.78, 5) is 19.6. The number of imidazole rings is 1. The van der Waals surface area contributed by atoms with Crippen molar-refractivity contribution in [2.75, 3.05) is 36.4 Å². The molecular weight excluding hydrogens is 416 g/mol. The van der Waals surface area contributed by atoms with Crippen molar-refractivity contribution in [2.45, 2.75) is 32.3 Å². The number of aromatic nitrogens is 5. The molecule has 0 aromatic carbocycles. The zero-order chi connectivity index (χ0) is 22.0. The van der Waals surface area contributed by atoms with Gasteiger partial charge in [-0.05, 0) is 32.9 Å². The van der Waals surface area contributed by atoms with Gasteiger partial charge >= 0.3 is 0 Å². The summed E-state index contributed by atoms with van der Waals surface area (Å²) in [7, 11) is -3.62. The van der Waals surface area contributed by atoms with Crippen LogP contribution in [-0.4, -0.2) is 63.4 Å². The first-order chi connectivity index (χ1) is 14.9. The first-order valence-electron chi connectivity index (χ1n) is 10.2. The highest BCUT2D eigenvalue weighted by molar-refractivity contribution is 7.89. The van der Waals surface area contributed by atoms with Gasteiger partial charge in [-0.15, -0.1) is 0 Å². The molecule has 4 heterocycles. The van der Waals surface area contributed by atoms with Crippen molar-refractivity contribution in [3.63, 3.8) is 0 Å². The summed E-state index contributed by atoms with van der Waals surface area (Å²) < 4.78 is 29.4. The SMILES string of the molecule is CCn1cc(S(=O)(=O)N2CCN(c3cc(Nc4ccccn4)nc(C)n3)CC2)nc1C. The van der Waals surface area contributed by atoms with Gasteiger partial charge in [-0.2, -0.15) is 4.31 Å². The average molecular weight is 443 g/mol. The maximum Gasteiger partial charge on any atom is 0.262 e. The molecule has 1 aliphatic heterocycles. The summed E-state index contributed by atoms with van der Waals surface area (Å²) in [5, 5.41) is 3.30. The number of nitrogens with one attached hydrogen (secondary N) is 1. The van der Waals surface area contributed by atoms with Crippen molar-refractivity contribution in [1.82, 2.24) is 28.8 Å². The lowest BCUT2D eigenvalue weighted by atomic mass is 10.3.